The molecule has 4 rings (SSSR count). The minimum atomic E-state index is -0.511. The lowest BCUT2D eigenvalue weighted by Crippen LogP contribution is -2.50. The standard InChI is InChI=1S/C23H24FN3O6/c1-14(28)16-10-20-21(33-13-32-20)11-18(16)25-22(29)12-26-5-7-27(8-6-26)23(30)17-9-15(24)3-4-19(17)31-2/h3-4,9-11H,5-8,12-13H2,1-2H3,(H,25,29). The van der Waals surface area contributed by atoms with Gasteiger partial charge in [0.2, 0.25) is 12.7 Å². The molecule has 9 nitrogen and oxygen atoms in total. The van der Waals surface area contributed by atoms with Crippen molar-refractivity contribution in [1.82, 2.24) is 9.80 Å². The van der Waals surface area contributed by atoms with Crippen molar-refractivity contribution < 1.29 is 33.0 Å². The smallest absolute Gasteiger partial charge is 0.257 e. The monoisotopic (exact) mass is 457 g/mol. The number of ketones is 1. The lowest BCUT2D eigenvalue weighted by atomic mass is 10.1. The highest BCUT2D eigenvalue weighted by molar-refractivity contribution is 6.05. The average Bonchev–Trinajstić information content (AvgIpc) is 3.26. The van der Waals surface area contributed by atoms with Gasteiger partial charge in [0.05, 0.1) is 24.9 Å². The van der Waals surface area contributed by atoms with Gasteiger partial charge in [-0.05, 0) is 31.2 Å². The molecule has 2 aromatic rings. The molecular weight excluding hydrogens is 433 g/mol. The number of hydrogen-bond donors (Lipinski definition) is 1. The number of piperazine rings is 1. The maximum absolute atomic E-state index is 13.6. The summed E-state index contributed by atoms with van der Waals surface area (Å²) in [5.74, 6) is -0.0754. The number of nitrogens with zero attached hydrogens (tertiary/aromatic N) is 2. The Morgan fingerprint density at radius 3 is 2.39 bits per heavy atom. The molecule has 0 atom stereocenters. The highest BCUT2D eigenvalue weighted by Gasteiger charge is 2.26. The second kappa shape index (κ2) is 9.45. The van der Waals surface area contributed by atoms with Gasteiger partial charge in [-0.2, -0.15) is 0 Å². The quantitative estimate of drug-likeness (QED) is 0.664. The number of benzene rings is 2. The van der Waals surface area contributed by atoms with Crippen molar-refractivity contribution in [2.75, 3.05) is 51.9 Å². The summed E-state index contributed by atoms with van der Waals surface area (Å²) >= 11 is 0. The van der Waals surface area contributed by atoms with E-state index in [9.17, 15) is 18.8 Å². The number of halogens is 1. The number of methoxy groups -OCH3 is 1. The van der Waals surface area contributed by atoms with Crippen LogP contribution in [0.25, 0.3) is 0 Å². The van der Waals surface area contributed by atoms with Crippen molar-refractivity contribution in [3.05, 3.63) is 47.3 Å². The first-order chi connectivity index (χ1) is 15.9. The van der Waals surface area contributed by atoms with Crippen molar-refractivity contribution in [3.8, 4) is 17.2 Å². The van der Waals surface area contributed by atoms with Crippen LogP contribution in [0, 0.1) is 5.82 Å². The predicted molar refractivity (Wildman–Crippen MR) is 116 cm³/mol. The van der Waals surface area contributed by atoms with Crippen LogP contribution in [0.1, 0.15) is 27.6 Å². The zero-order chi connectivity index (χ0) is 23.5. The highest BCUT2D eigenvalue weighted by atomic mass is 19.1. The van der Waals surface area contributed by atoms with E-state index in [1.165, 1.54) is 32.2 Å². The molecule has 0 aliphatic carbocycles. The van der Waals surface area contributed by atoms with Gasteiger partial charge in [0.25, 0.3) is 5.91 Å². The molecule has 0 saturated carbocycles. The highest BCUT2D eigenvalue weighted by Crippen LogP contribution is 2.37. The first-order valence-corrected chi connectivity index (χ1v) is 10.5. The third-order valence-corrected chi connectivity index (χ3v) is 5.58. The minimum absolute atomic E-state index is 0.0641. The number of carbonyl (C=O) groups is 3. The molecule has 2 aliphatic heterocycles. The minimum Gasteiger partial charge on any atom is -0.496 e. The maximum atomic E-state index is 13.6. The van der Waals surface area contributed by atoms with Crippen LogP contribution in [0.2, 0.25) is 0 Å². The Morgan fingerprint density at radius 2 is 1.73 bits per heavy atom. The van der Waals surface area contributed by atoms with Crippen molar-refractivity contribution in [1.29, 1.82) is 0 Å². The van der Waals surface area contributed by atoms with Crippen molar-refractivity contribution in [2.45, 2.75) is 6.92 Å². The van der Waals surface area contributed by atoms with Crippen LogP contribution in [-0.2, 0) is 4.79 Å². The van der Waals surface area contributed by atoms with E-state index in [0.717, 1.165) is 0 Å². The Labute approximate surface area is 190 Å². The number of nitrogens with one attached hydrogen (secondary N) is 1. The van der Waals surface area contributed by atoms with Crippen molar-refractivity contribution in [3.63, 3.8) is 0 Å². The fourth-order valence-corrected chi connectivity index (χ4v) is 3.86. The lowest BCUT2D eigenvalue weighted by molar-refractivity contribution is -0.117. The fraction of sp³-hybridized carbons (Fsp3) is 0.348. The van der Waals surface area contributed by atoms with E-state index in [1.54, 1.807) is 17.0 Å². The number of ether oxygens (including phenoxy) is 3. The van der Waals surface area contributed by atoms with Gasteiger partial charge in [-0.1, -0.05) is 0 Å². The molecule has 1 saturated heterocycles. The van der Waals surface area contributed by atoms with E-state index >= 15 is 0 Å². The summed E-state index contributed by atoms with van der Waals surface area (Å²) in [6.45, 7) is 3.28. The molecule has 2 amide bonds. The molecule has 2 heterocycles. The van der Waals surface area contributed by atoms with E-state index in [0.29, 0.717) is 54.7 Å². The zero-order valence-electron chi connectivity index (χ0n) is 18.4. The number of amides is 2. The summed E-state index contributed by atoms with van der Waals surface area (Å²) in [6.07, 6.45) is 0. The topological polar surface area (TPSA) is 97.4 Å². The van der Waals surface area contributed by atoms with Crippen LogP contribution in [0.5, 0.6) is 17.2 Å². The Morgan fingerprint density at radius 1 is 1.03 bits per heavy atom. The van der Waals surface area contributed by atoms with E-state index < -0.39 is 5.82 Å². The number of carbonyl (C=O) groups excluding carboxylic acids is 3. The molecular formula is C23H24FN3O6. The van der Waals surface area contributed by atoms with Crippen LogP contribution in [0.4, 0.5) is 10.1 Å². The molecule has 10 heteroatoms. The molecule has 1 fully saturated rings. The molecule has 174 valence electrons. The first-order valence-electron chi connectivity index (χ1n) is 10.5. The van der Waals surface area contributed by atoms with Crippen molar-refractivity contribution >= 4 is 23.3 Å². The third kappa shape index (κ3) is 4.90. The average molecular weight is 457 g/mol. The summed E-state index contributed by atoms with van der Waals surface area (Å²) in [6, 6.07) is 6.97. The number of rotatable bonds is 6. The molecule has 1 N–H and O–H groups in total. The summed E-state index contributed by atoms with van der Waals surface area (Å²) in [5.41, 5.74) is 0.874. The molecule has 0 spiro atoms. The third-order valence-electron chi connectivity index (χ3n) is 5.58. The number of anilines is 1. The molecule has 0 radical (unpaired) electrons. The van der Waals surface area contributed by atoms with Crippen LogP contribution >= 0.6 is 0 Å². The molecule has 33 heavy (non-hydrogen) atoms. The molecule has 2 aromatic carbocycles. The second-order valence-electron chi connectivity index (χ2n) is 7.77. The van der Waals surface area contributed by atoms with E-state index in [-0.39, 0.29) is 36.5 Å². The van der Waals surface area contributed by atoms with Gasteiger partial charge in [-0.15, -0.1) is 0 Å². The van der Waals surface area contributed by atoms with Crippen LogP contribution in [0.3, 0.4) is 0 Å². The number of fused-ring (bicyclic) bond motifs is 1. The van der Waals surface area contributed by atoms with E-state index in [4.69, 9.17) is 14.2 Å². The van der Waals surface area contributed by atoms with Crippen molar-refractivity contribution in [2.24, 2.45) is 0 Å². The SMILES string of the molecule is COc1ccc(F)cc1C(=O)N1CCN(CC(=O)Nc2cc3c(cc2C(C)=O)OCO3)CC1. The van der Waals surface area contributed by atoms with Gasteiger partial charge in [0.15, 0.2) is 17.3 Å². The Balaban J connectivity index is 1.35. The van der Waals surface area contributed by atoms with Gasteiger partial charge in [0, 0.05) is 37.8 Å². The fourth-order valence-electron chi connectivity index (χ4n) is 3.86. The molecule has 0 aromatic heterocycles. The lowest BCUT2D eigenvalue weighted by Gasteiger charge is -2.34. The Bertz CT molecular complexity index is 1100. The number of hydrogen-bond acceptors (Lipinski definition) is 7. The largest absolute Gasteiger partial charge is 0.496 e. The van der Waals surface area contributed by atoms with Gasteiger partial charge in [-0.25, -0.2) is 4.39 Å². The van der Waals surface area contributed by atoms with Gasteiger partial charge >= 0.3 is 0 Å². The summed E-state index contributed by atoms with van der Waals surface area (Å²) in [7, 11) is 1.43. The normalized spacial score (nSPS) is 15.3. The molecule has 0 bridgehead atoms. The summed E-state index contributed by atoms with van der Waals surface area (Å²) < 4.78 is 29.4. The predicted octanol–water partition coefficient (Wildman–Crippen LogP) is 2.16. The van der Waals surface area contributed by atoms with Gasteiger partial charge < -0.3 is 24.4 Å². The van der Waals surface area contributed by atoms with E-state index in [1.807, 2.05) is 4.90 Å². The second-order valence-corrected chi connectivity index (χ2v) is 7.77. The summed E-state index contributed by atoms with van der Waals surface area (Å²) in [5, 5.41) is 2.77. The van der Waals surface area contributed by atoms with Gasteiger partial charge in [-0.3, -0.25) is 19.3 Å². The Hall–Kier alpha value is -3.66. The van der Waals surface area contributed by atoms with Crippen LogP contribution < -0.4 is 19.5 Å². The van der Waals surface area contributed by atoms with E-state index in [2.05, 4.69) is 5.32 Å². The molecule has 2 aliphatic rings. The zero-order valence-corrected chi connectivity index (χ0v) is 18.4. The first kappa shape index (κ1) is 22.5. The van der Waals surface area contributed by atoms with Gasteiger partial charge in [0.1, 0.15) is 11.6 Å². The molecule has 0 unspecified atom stereocenters. The van der Waals surface area contributed by atoms with Crippen LogP contribution in [-0.4, -0.2) is 74.0 Å². The van der Waals surface area contributed by atoms with Crippen LogP contribution in [0.15, 0.2) is 30.3 Å². The number of Topliss-reactive ketones (excluding diaryl/α,β-unsaturated/α-hetero) is 1. The maximum Gasteiger partial charge on any atom is 0.257 e. The summed E-state index contributed by atoms with van der Waals surface area (Å²) in [4.78, 5) is 41.0. The Kier molecular flexibility index (Phi) is 6.45.